The van der Waals surface area contributed by atoms with Gasteiger partial charge >= 0.3 is 0 Å². The molecular weight excluding hydrogens is 258 g/mol. The molecule has 2 aliphatic heterocycles. The maximum Gasteiger partial charge on any atom is 0.228 e. The van der Waals surface area contributed by atoms with Crippen molar-refractivity contribution < 1.29 is 14.7 Å². The van der Waals surface area contributed by atoms with Crippen LogP contribution in [0.1, 0.15) is 20.8 Å². The lowest BCUT2D eigenvalue weighted by Gasteiger charge is -2.43. The molecule has 2 aliphatic rings. The molecule has 0 aliphatic carbocycles. The van der Waals surface area contributed by atoms with Crippen molar-refractivity contribution in [3.8, 4) is 0 Å². The summed E-state index contributed by atoms with van der Waals surface area (Å²) in [5.41, 5.74) is 0. The second-order valence-electron chi connectivity index (χ2n) is 5.85. The summed E-state index contributed by atoms with van der Waals surface area (Å²) < 4.78 is 0. The lowest BCUT2D eigenvalue weighted by Crippen LogP contribution is -2.66. The molecule has 6 heteroatoms. The van der Waals surface area contributed by atoms with Crippen molar-refractivity contribution in [2.45, 2.75) is 32.9 Å². The summed E-state index contributed by atoms with van der Waals surface area (Å²) in [5.74, 6) is -0.803. The third-order valence-corrected chi connectivity index (χ3v) is 4.58. The number of amides is 2. The molecule has 0 spiro atoms. The van der Waals surface area contributed by atoms with E-state index in [0.717, 1.165) is 32.7 Å². The first-order valence-corrected chi connectivity index (χ1v) is 7.45. The van der Waals surface area contributed by atoms with E-state index in [-0.39, 0.29) is 23.8 Å². The van der Waals surface area contributed by atoms with Gasteiger partial charge in [0, 0.05) is 26.2 Å². The molecule has 2 N–H and O–H groups in total. The first-order valence-electron chi connectivity index (χ1n) is 7.45. The van der Waals surface area contributed by atoms with E-state index < -0.39 is 12.0 Å². The minimum atomic E-state index is -0.707. The molecule has 0 radical (unpaired) electrons. The van der Waals surface area contributed by atoms with Gasteiger partial charge in [-0.25, -0.2) is 0 Å². The van der Waals surface area contributed by atoms with Gasteiger partial charge in [-0.05, 0) is 13.5 Å². The molecule has 4 atom stereocenters. The predicted molar refractivity (Wildman–Crippen MR) is 75.0 cm³/mol. The quantitative estimate of drug-likeness (QED) is 0.668. The van der Waals surface area contributed by atoms with Crippen LogP contribution in [0.2, 0.25) is 0 Å². The van der Waals surface area contributed by atoms with E-state index in [2.05, 4.69) is 17.1 Å². The highest BCUT2D eigenvalue weighted by atomic mass is 16.3. The lowest BCUT2D eigenvalue weighted by atomic mass is 9.78. The number of piperazine rings is 1. The van der Waals surface area contributed by atoms with Crippen LogP contribution in [-0.2, 0) is 9.59 Å². The van der Waals surface area contributed by atoms with Crippen molar-refractivity contribution in [3.63, 3.8) is 0 Å². The Morgan fingerprint density at radius 3 is 2.40 bits per heavy atom. The zero-order valence-corrected chi connectivity index (χ0v) is 12.5. The first kappa shape index (κ1) is 15.3. The fourth-order valence-corrected chi connectivity index (χ4v) is 3.10. The Balaban J connectivity index is 1.91. The van der Waals surface area contributed by atoms with Crippen molar-refractivity contribution in [2.75, 3.05) is 32.7 Å². The van der Waals surface area contributed by atoms with E-state index >= 15 is 0 Å². The maximum absolute atomic E-state index is 12.5. The van der Waals surface area contributed by atoms with Crippen LogP contribution in [0, 0.1) is 11.8 Å². The predicted octanol–water partition coefficient (Wildman–Crippen LogP) is -0.718. The van der Waals surface area contributed by atoms with Crippen LogP contribution in [0.5, 0.6) is 0 Å². The molecule has 0 bridgehead atoms. The molecule has 2 fully saturated rings. The summed E-state index contributed by atoms with van der Waals surface area (Å²) in [5, 5.41) is 12.4. The molecule has 114 valence electrons. The zero-order valence-electron chi connectivity index (χ0n) is 12.5. The van der Waals surface area contributed by atoms with Gasteiger partial charge in [0.1, 0.15) is 0 Å². The summed E-state index contributed by atoms with van der Waals surface area (Å²) in [4.78, 5) is 28.1. The molecule has 0 aromatic rings. The summed E-state index contributed by atoms with van der Waals surface area (Å²) in [6, 6.07) is -0.237. The Hall–Kier alpha value is -1.14. The number of nitrogens with zero attached hydrogens (tertiary/aromatic N) is 2. The molecule has 2 heterocycles. The van der Waals surface area contributed by atoms with Crippen molar-refractivity contribution in [3.05, 3.63) is 0 Å². The summed E-state index contributed by atoms with van der Waals surface area (Å²) in [6.45, 7) is 9.89. The number of aliphatic hydroxyl groups is 1. The van der Waals surface area contributed by atoms with Crippen molar-refractivity contribution in [1.29, 1.82) is 0 Å². The van der Waals surface area contributed by atoms with Gasteiger partial charge in [0.2, 0.25) is 11.8 Å². The number of carbonyl (C=O) groups excluding carboxylic acids is 2. The molecule has 1 unspecified atom stereocenters. The maximum atomic E-state index is 12.5. The molecular formula is C14H25N3O3. The van der Waals surface area contributed by atoms with Crippen LogP contribution in [0.3, 0.4) is 0 Å². The van der Waals surface area contributed by atoms with Gasteiger partial charge in [-0.15, -0.1) is 0 Å². The average molecular weight is 283 g/mol. The number of carbonyl (C=O) groups is 2. The molecule has 0 aromatic heterocycles. The largest absolute Gasteiger partial charge is 0.393 e. The molecule has 0 saturated carbocycles. The Kier molecular flexibility index (Phi) is 4.65. The number of hydrogen-bond acceptors (Lipinski definition) is 4. The Labute approximate surface area is 120 Å². The molecule has 2 amide bonds. The van der Waals surface area contributed by atoms with Gasteiger partial charge in [-0.1, -0.05) is 13.8 Å². The smallest absolute Gasteiger partial charge is 0.228 e. The van der Waals surface area contributed by atoms with Crippen molar-refractivity contribution >= 4 is 11.8 Å². The van der Waals surface area contributed by atoms with Crippen LogP contribution in [-0.4, -0.2) is 71.6 Å². The SMILES string of the molecule is CCN1CCN(C(=O)C(C)[C@H]2NC(=O)[C@@H]2[C@@H](C)O)CC1. The summed E-state index contributed by atoms with van der Waals surface area (Å²) >= 11 is 0. The van der Waals surface area contributed by atoms with Crippen LogP contribution in [0.15, 0.2) is 0 Å². The van der Waals surface area contributed by atoms with Crippen LogP contribution in [0.4, 0.5) is 0 Å². The van der Waals surface area contributed by atoms with Crippen molar-refractivity contribution in [1.82, 2.24) is 15.1 Å². The Morgan fingerprint density at radius 1 is 1.35 bits per heavy atom. The fourth-order valence-electron chi connectivity index (χ4n) is 3.10. The van der Waals surface area contributed by atoms with Crippen LogP contribution < -0.4 is 5.32 Å². The highest BCUT2D eigenvalue weighted by Gasteiger charge is 2.47. The Bertz CT molecular complexity index is 378. The topological polar surface area (TPSA) is 72.9 Å². The highest BCUT2D eigenvalue weighted by Crippen LogP contribution is 2.27. The number of hydrogen-bond donors (Lipinski definition) is 2. The van der Waals surface area contributed by atoms with E-state index in [1.807, 2.05) is 11.8 Å². The van der Waals surface area contributed by atoms with Crippen molar-refractivity contribution in [2.24, 2.45) is 11.8 Å². The minimum absolute atomic E-state index is 0.0800. The summed E-state index contributed by atoms with van der Waals surface area (Å²) in [7, 11) is 0. The second-order valence-corrected chi connectivity index (χ2v) is 5.85. The highest BCUT2D eigenvalue weighted by molar-refractivity contribution is 5.90. The van der Waals surface area contributed by atoms with E-state index in [0.29, 0.717) is 0 Å². The number of aliphatic hydroxyl groups excluding tert-OH is 1. The molecule has 6 nitrogen and oxygen atoms in total. The van der Waals surface area contributed by atoms with Gasteiger partial charge in [-0.2, -0.15) is 0 Å². The first-order chi connectivity index (χ1) is 9.45. The van der Waals surface area contributed by atoms with Gasteiger partial charge < -0.3 is 20.2 Å². The standard InChI is InChI=1S/C14H25N3O3/c1-4-16-5-7-17(8-6-16)14(20)9(2)12-11(10(3)18)13(19)15-12/h9-12,18H,4-8H2,1-3H3,(H,15,19)/t9?,10-,11-,12-/m1/s1. The zero-order chi connectivity index (χ0) is 14.9. The number of likely N-dealkylation sites (N-methyl/N-ethyl adjacent to an activating group) is 1. The van der Waals surface area contributed by atoms with E-state index in [1.165, 1.54) is 0 Å². The Morgan fingerprint density at radius 2 is 1.95 bits per heavy atom. The second kappa shape index (κ2) is 6.10. The van der Waals surface area contributed by atoms with Crippen LogP contribution in [0.25, 0.3) is 0 Å². The van der Waals surface area contributed by atoms with Crippen LogP contribution >= 0.6 is 0 Å². The normalized spacial score (nSPS) is 30.4. The third kappa shape index (κ3) is 2.81. The monoisotopic (exact) mass is 283 g/mol. The van der Waals surface area contributed by atoms with Gasteiger partial charge in [0.05, 0.1) is 24.0 Å². The van der Waals surface area contributed by atoms with E-state index in [9.17, 15) is 14.7 Å². The number of rotatable bonds is 4. The van der Waals surface area contributed by atoms with E-state index in [4.69, 9.17) is 0 Å². The van der Waals surface area contributed by atoms with Gasteiger partial charge in [-0.3, -0.25) is 9.59 Å². The molecule has 20 heavy (non-hydrogen) atoms. The third-order valence-electron chi connectivity index (χ3n) is 4.58. The summed E-state index contributed by atoms with van der Waals surface area (Å²) in [6.07, 6.45) is -0.707. The number of β-lactam (4-membered cyclic amide) rings is 1. The number of nitrogens with one attached hydrogen (secondary N) is 1. The molecule has 0 aromatic carbocycles. The molecule has 2 saturated heterocycles. The average Bonchev–Trinajstić information content (AvgIpc) is 2.42. The van der Waals surface area contributed by atoms with E-state index in [1.54, 1.807) is 6.92 Å². The van der Waals surface area contributed by atoms with Gasteiger partial charge in [0.15, 0.2) is 0 Å². The van der Waals surface area contributed by atoms with Gasteiger partial charge in [0.25, 0.3) is 0 Å². The lowest BCUT2D eigenvalue weighted by molar-refractivity contribution is -0.149. The minimum Gasteiger partial charge on any atom is -0.393 e. The fraction of sp³-hybridized carbons (Fsp3) is 0.857. The molecule has 2 rings (SSSR count).